The molecule has 114 valence electrons. The van der Waals surface area contributed by atoms with E-state index in [0.29, 0.717) is 0 Å². The van der Waals surface area contributed by atoms with Crippen molar-refractivity contribution in [3.05, 3.63) is 46.3 Å². The monoisotopic (exact) mass is 330 g/mol. The molecule has 1 N–H and O–H groups in total. The number of thiazole rings is 1. The predicted octanol–water partition coefficient (Wildman–Crippen LogP) is 3.69. The zero-order valence-electron chi connectivity index (χ0n) is 12.3. The van der Waals surface area contributed by atoms with Gasteiger partial charge in [-0.25, -0.2) is 9.97 Å². The van der Waals surface area contributed by atoms with E-state index in [1.54, 1.807) is 22.7 Å². The summed E-state index contributed by atoms with van der Waals surface area (Å²) in [7, 11) is 0. The number of fused-ring (bicyclic) bond motifs is 1. The molecule has 3 aromatic rings. The number of aryl methyl sites for hydroxylation is 2. The Morgan fingerprint density at radius 2 is 2.09 bits per heavy atom. The van der Waals surface area contributed by atoms with Crippen molar-refractivity contribution in [3.63, 3.8) is 0 Å². The van der Waals surface area contributed by atoms with E-state index in [1.807, 2.05) is 0 Å². The Morgan fingerprint density at radius 1 is 1.14 bits per heavy atom. The molecule has 0 saturated heterocycles. The lowest BCUT2D eigenvalue weighted by atomic mass is 10.2. The topological polar surface area (TPSA) is 42.7 Å². The standard InChI is InChI=1S/C16H18N4S2/c1-2-6-20-10-12(18-15(20)5-1)8-17-9-13-11-22-16(19-13)14-4-3-7-21-14/h3-4,7,10-11,17H,1-2,5-6,8-9H2. The first-order chi connectivity index (χ1) is 10.9. The number of hydrogen-bond acceptors (Lipinski definition) is 5. The molecule has 4 heterocycles. The van der Waals surface area contributed by atoms with Crippen LogP contribution in [-0.2, 0) is 26.1 Å². The number of hydrogen-bond donors (Lipinski definition) is 1. The van der Waals surface area contributed by atoms with E-state index in [0.717, 1.165) is 42.5 Å². The largest absolute Gasteiger partial charge is 0.335 e. The molecule has 1 aliphatic rings. The van der Waals surface area contributed by atoms with Crippen molar-refractivity contribution in [2.75, 3.05) is 0 Å². The second-order valence-electron chi connectivity index (χ2n) is 5.52. The molecule has 0 aromatic carbocycles. The highest BCUT2D eigenvalue weighted by molar-refractivity contribution is 7.20. The smallest absolute Gasteiger partial charge is 0.133 e. The van der Waals surface area contributed by atoms with Crippen LogP contribution >= 0.6 is 22.7 Å². The maximum atomic E-state index is 4.71. The Kier molecular flexibility index (Phi) is 4.05. The Labute approximate surface area is 137 Å². The molecule has 0 unspecified atom stereocenters. The lowest BCUT2D eigenvalue weighted by Crippen LogP contribution is -2.13. The Bertz CT molecular complexity index is 719. The van der Waals surface area contributed by atoms with Crippen molar-refractivity contribution in [1.82, 2.24) is 19.9 Å². The van der Waals surface area contributed by atoms with Crippen molar-refractivity contribution in [3.8, 4) is 9.88 Å². The third kappa shape index (κ3) is 2.99. The van der Waals surface area contributed by atoms with E-state index in [9.17, 15) is 0 Å². The molecule has 3 aromatic heterocycles. The number of aromatic nitrogens is 3. The summed E-state index contributed by atoms with van der Waals surface area (Å²) in [5.74, 6) is 1.25. The molecule has 4 rings (SSSR count). The number of nitrogens with one attached hydrogen (secondary N) is 1. The SMILES string of the molecule is c1csc(-c2nc(CNCc3cn4c(n3)CCCC4)cs2)c1. The molecule has 4 nitrogen and oxygen atoms in total. The van der Waals surface area contributed by atoms with Gasteiger partial charge in [0.25, 0.3) is 0 Å². The first-order valence-corrected chi connectivity index (χ1v) is 9.38. The van der Waals surface area contributed by atoms with E-state index in [2.05, 4.69) is 44.0 Å². The van der Waals surface area contributed by atoms with E-state index >= 15 is 0 Å². The second-order valence-corrected chi connectivity index (χ2v) is 7.33. The molecule has 0 spiro atoms. The highest BCUT2D eigenvalue weighted by atomic mass is 32.1. The fourth-order valence-electron chi connectivity index (χ4n) is 2.78. The van der Waals surface area contributed by atoms with Gasteiger partial charge in [0.15, 0.2) is 0 Å². The van der Waals surface area contributed by atoms with Gasteiger partial charge in [0.05, 0.1) is 16.3 Å². The van der Waals surface area contributed by atoms with Crippen LogP contribution in [0.2, 0.25) is 0 Å². The summed E-state index contributed by atoms with van der Waals surface area (Å²) in [4.78, 5) is 10.7. The Balaban J connectivity index is 1.34. The fourth-order valence-corrected chi connectivity index (χ4v) is 4.41. The Morgan fingerprint density at radius 3 is 2.95 bits per heavy atom. The van der Waals surface area contributed by atoms with Gasteiger partial charge < -0.3 is 9.88 Å². The lowest BCUT2D eigenvalue weighted by molar-refractivity contribution is 0.522. The first-order valence-electron chi connectivity index (χ1n) is 7.62. The summed E-state index contributed by atoms with van der Waals surface area (Å²) in [5, 5.41) is 8.80. The van der Waals surface area contributed by atoms with Crippen molar-refractivity contribution >= 4 is 22.7 Å². The molecule has 0 radical (unpaired) electrons. The van der Waals surface area contributed by atoms with Crippen LogP contribution in [-0.4, -0.2) is 14.5 Å². The quantitative estimate of drug-likeness (QED) is 0.776. The van der Waals surface area contributed by atoms with Crippen molar-refractivity contribution in [2.24, 2.45) is 0 Å². The third-order valence-corrected chi connectivity index (χ3v) is 5.78. The van der Waals surface area contributed by atoms with Gasteiger partial charge in [-0.3, -0.25) is 0 Å². The molecule has 0 aliphatic carbocycles. The van der Waals surface area contributed by atoms with Crippen molar-refractivity contribution in [1.29, 1.82) is 0 Å². The minimum absolute atomic E-state index is 0.796. The van der Waals surface area contributed by atoms with Gasteiger partial charge in [0, 0.05) is 37.6 Å². The van der Waals surface area contributed by atoms with Crippen LogP contribution in [0.4, 0.5) is 0 Å². The average Bonchev–Trinajstić information content (AvgIpc) is 3.27. The van der Waals surface area contributed by atoms with Gasteiger partial charge in [-0.1, -0.05) is 6.07 Å². The van der Waals surface area contributed by atoms with Gasteiger partial charge in [0.1, 0.15) is 10.8 Å². The van der Waals surface area contributed by atoms with E-state index in [4.69, 9.17) is 4.98 Å². The molecule has 1 aliphatic heterocycles. The summed E-state index contributed by atoms with van der Waals surface area (Å²) in [6.45, 7) is 2.73. The minimum Gasteiger partial charge on any atom is -0.335 e. The summed E-state index contributed by atoms with van der Waals surface area (Å²) in [5.41, 5.74) is 2.25. The van der Waals surface area contributed by atoms with Crippen LogP contribution in [0.1, 0.15) is 30.1 Å². The lowest BCUT2D eigenvalue weighted by Gasteiger charge is -2.11. The molecule has 0 atom stereocenters. The third-order valence-electron chi connectivity index (χ3n) is 3.85. The predicted molar refractivity (Wildman–Crippen MR) is 91.1 cm³/mol. The number of thiophene rings is 1. The van der Waals surface area contributed by atoms with Gasteiger partial charge in [-0.05, 0) is 24.3 Å². The van der Waals surface area contributed by atoms with Crippen molar-refractivity contribution < 1.29 is 0 Å². The van der Waals surface area contributed by atoms with E-state index in [-0.39, 0.29) is 0 Å². The summed E-state index contributed by atoms with van der Waals surface area (Å²) in [6, 6.07) is 4.19. The maximum Gasteiger partial charge on any atom is 0.133 e. The maximum absolute atomic E-state index is 4.71. The van der Waals surface area contributed by atoms with Crippen LogP contribution in [0.25, 0.3) is 9.88 Å². The Hall–Kier alpha value is -1.50. The van der Waals surface area contributed by atoms with E-state index in [1.165, 1.54) is 23.5 Å². The number of imidazole rings is 1. The van der Waals surface area contributed by atoms with Gasteiger partial charge in [-0.15, -0.1) is 22.7 Å². The minimum atomic E-state index is 0.796. The molecule has 0 saturated carbocycles. The fraction of sp³-hybridized carbons (Fsp3) is 0.375. The van der Waals surface area contributed by atoms with Gasteiger partial charge in [-0.2, -0.15) is 0 Å². The molecule has 6 heteroatoms. The average molecular weight is 330 g/mol. The number of rotatable bonds is 5. The summed E-state index contributed by atoms with van der Waals surface area (Å²) < 4.78 is 2.30. The second kappa shape index (κ2) is 6.32. The summed E-state index contributed by atoms with van der Waals surface area (Å²) in [6.07, 6.45) is 5.87. The molecular formula is C16H18N4S2. The van der Waals surface area contributed by atoms with Crippen LogP contribution < -0.4 is 5.32 Å². The molecule has 0 bridgehead atoms. The van der Waals surface area contributed by atoms with Crippen LogP contribution in [0.15, 0.2) is 29.1 Å². The van der Waals surface area contributed by atoms with E-state index < -0.39 is 0 Å². The normalized spacial score (nSPS) is 14.2. The van der Waals surface area contributed by atoms with Gasteiger partial charge >= 0.3 is 0 Å². The number of nitrogens with zero attached hydrogens (tertiary/aromatic N) is 3. The molecule has 22 heavy (non-hydrogen) atoms. The van der Waals surface area contributed by atoms with Crippen LogP contribution in [0, 0.1) is 0 Å². The molecule has 0 amide bonds. The van der Waals surface area contributed by atoms with Crippen LogP contribution in [0.3, 0.4) is 0 Å². The highest BCUT2D eigenvalue weighted by Crippen LogP contribution is 2.27. The highest BCUT2D eigenvalue weighted by Gasteiger charge is 2.12. The van der Waals surface area contributed by atoms with Gasteiger partial charge in [0.2, 0.25) is 0 Å². The zero-order chi connectivity index (χ0) is 14.8. The van der Waals surface area contributed by atoms with Crippen LogP contribution in [0.5, 0.6) is 0 Å². The summed E-state index contributed by atoms with van der Waals surface area (Å²) >= 11 is 3.46. The van der Waals surface area contributed by atoms with Crippen molar-refractivity contribution in [2.45, 2.75) is 38.9 Å². The zero-order valence-corrected chi connectivity index (χ0v) is 13.9. The molecular weight excluding hydrogens is 312 g/mol. The first kappa shape index (κ1) is 14.1. The molecule has 0 fully saturated rings.